The van der Waals surface area contributed by atoms with Crippen LogP contribution in [-0.4, -0.2) is 38.3 Å². The van der Waals surface area contributed by atoms with Crippen molar-refractivity contribution >= 4 is 26.6 Å². The molecular weight excluding hydrogens is 357 g/mol. The summed E-state index contributed by atoms with van der Waals surface area (Å²) < 4.78 is 42.2. The van der Waals surface area contributed by atoms with Crippen LogP contribution in [0.3, 0.4) is 0 Å². The van der Waals surface area contributed by atoms with Gasteiger partial charge in [-0.05, 0) is 42.3 Å². The highest BCUT2D eigenvalue weighted by molar-refractivity contribution is 7.90. The van der Waals surface area contributed by atoms with Crippen molar-refractivity contribution in [3.8, 4) is 5.75 Å². The van der Waals surface area contributed by atoms with Crippen molar-refractivity contribution in [2.24, 2.45) is 0 Å². The number of halogens is 1. The van der Waals surface area contributed by atoms with Crippen LogP contribution < -0.4 is 10.1 Å². The molecule has 0 saturated carbocycles. The van der Waals surface area contributed by atoms with Gasteiger partial charge in [0.1, 0.15) is 12.1 Å². The summed E-state index contributed by atoms with van der Waals surface area (Å²) in [4.78, 5) is 8.56. The summed E-state index contributed by atoms with van der Waals surface area (Å²) in [7, 11) is -1.90. The largest absolute Gasteiger partial charge is 0.494 e. The summed E-state index contributed by atoms with van der Waals surface area (Å²) in [6.07, 6.45) is 3.14. The van der Waals surface area contributed by atoms with Gasteiger partial charge in [0.15, 0.2) is 21.4 Å². The van der Waals surface area contributed by atoms with Gasteiger partial charge in [0.25, 0.3) is 0 Å². The molecule has 1 heterocycles. The van der Waals surface area contributed by atoms with Crippen LogP contribution in [0.15, 0.2) is 47.6 Å². The molecule has 0 bridgehead atoms. The van der Waals surface area contributed by atoms with Gasteiger partial charge in [0.05, 0.1) is 17.5 Å². The van der Waals surface area contributed by atoms with Crippen LogP contribution in [-0.2, 0) is 16.3 Å². The van der Waals surface area contributed by atoms with Crippen molar-refractivity contribution in [1.82, 2.24) is 9.97 Å². The van der Waals surface area contributed by atoms with E-state index in [9.17, 15) is 12.8 Å². The number of anilines is 1. The molecule has 0 spiro atoms. The van der Waals surface area contributed by atoms with E-state index in [1.807, 2.05) is 0 Å². The average molecular weight is 375 g/mol. The first-order chi connectivity index (χ1) is 12.4. The van der Waals surface area contributed by atoms with Gasteiger partial charge in [-0.3, -0.25) is 0 Å². The molecular formula is C18H18FN3O3S. The van der Waals surface area contributed by atoms with Gasteiger partial charge in [0, 0.05) is 18.2 Å². The van der Waals surface area contributed by atoms with Crippen LogP contribution in [0.4, 0.5) is 10.2 Å². The number of nitrogens with one attached hydrogen (secondary N) is 1. The number of methoxy groups -OCH3 is 1. The fourth-order valence-corrected chi connectivity index (χ4v) is 3.25. The number of nitrogens with zero attached hydrogens (tertiary/aromatic N) is 2. The van der Waals surface area contributed by atoms with E-state index in [-0.39, 0.29) is 10.6 Å². The maximum absolute atomic E-state index is 13.7. The van der Waals surface area contributed by atoms with Gasteiger partial charge in [-0.1, -0.05) is 6.07 Å². The summed E-state index contributed by atoms with van der Waals surface area (Å²) in [5, 5.41) is 3.78. The van der Waals surface area contributed by atoms with Crippen LogP contribution in [0.1, 0.15) is 5.56 Å². The molecule has 0 unspecified atom stereocenters. The van der Waals surface area contributed by atoms with Gasteiger partial charge in [-0.25, -0.2) is 22.8 Å². The summed E-state index contributed by atoms with van der Waals surface area (Å²) in [5.41, 5.74) is 1.45. The van der Waals surface area contributed by atoms with Crippen LogP contribution in [0.2, 0.25) is 0 Å². The van der Waals surface area contributed by atoms with E-state index in [1.54, 1.807) is 24.3 Å². The summed E-state index contributed by atoms with van der Waals surface area (Å²) in [6, 6.07) is 9.54. The minimum absolute atomic E-state index is 0.205. The predicted molar refractivity (Wildman–Crippen MR) is 97.8 cm³/mol. The molecule has 136 valence electrons. The maximum Gasteiger partial charge on any atom is 0.175 e. The molecule has 0 radical (unpaired) electrons. The number of aromatic nitrogens is 2. The van der Waals surface area contributed by atoms with E-state index in [1.165, 1.54) is 25.6 Å². The molecule has 3 rings (SSSR count). The maximum atomic E-state index is 13.7. The van der Waals surface area contributed by atoms with Crippen molar-refractivity contribution in [3.05, 3.63) is 54.1 Å². The second-order valence-electron chi connectivity index (χ2n) is 5.82. The monoisotopic (exact) mass is 375 g/mol. The number of hydrogen-bond donors (Lipinski definition) is 1. The molecule has 2 aromatic carbocycles. The molecule has 0 saturated heterocycles. The van der Waals surface area contributed by atoms with Crippen molar-refractivity contribution in [2.45, 2.75) is 11.3 Å². The lowest BCUT2D eigenvalue weighted by Gasteiger charge is -2.10. The molecule has 1 aromatic heterocycles. The SMILES string of the molecule is COc1ccc(CCNc2ncnc3ccc(S(C)(=O)=O)cc23)cc1F. The Balaban J connectivity index is 1.79. The molecule has 0 fully saturated rings. The first-order valence-corrected chi connectivity index (χ1v) is 9.79. The van der Waals surface area contributed by atoms with E-state index in [2.05, 4.69) is 15.3 Å². The van der Waals surface area contributed by atoms with Gasteiger partial charge in [0.2, 0.25) is 0 Å². The van der Waals surface area contributed by atoms with Gasteiger partial charge < -0.3 is 10.1 Å². The third-order valence-corrected chi connectivity index (χ3v) is 5.07. The van der Waals surface area contributed by atoms with Crippen molar-refractivity contribution in [2.75, 3.05) is 25.2 Å². The number of rotatable bonds is 6. The number of ether oxygens (including phenoxy) is 1. The first-order valence-electron chi connectivity index (χ1n) is 7.89. The lowest BCUT2D eigenvalue weighted by atomic mass is 10.1. The number of sulfone groups is 1. The molecule has 0 atom stereocenters. The quantitative estimate of drug-likeness (QED) is 0.714. The van der Waals surface area contributed by atoms with Crippen molar-refractivity contribution < 1.29 is 17.5 Å². The summed E-state index contributed by atoms with van der Waals surface area (Å²) >= 11 is 0. The van der Waals surface area contributed by atoms with E-state index >= 15 is 0 Å². The zero-order valence-corrected chi connectivity index (χ0v) is 15.2. The Morgan fingerprint density at radius 2 is 1.96 bits per heavy atom. The summed E-state index contributed by atoms with van der Waals surface area (Å²) in [5.74, 6) is 0.335. The highest BCUT2D eigenvalue weighted by atomic mass is 32.2. The number of fused-ring (bicyclic) bond motifs is 1. The standard InChI is InChI=1S/C18H18FN3O3S/c1-25-17-6-3-12(9-15(17)19)7-8-20-18-14-10-13(26(2,23)24)4-5-16(14)21-11-22-18/h3-6,9-11H,7-8H2,1-2H3,(H,20,21,22). The summed E-state index contributed by atoms with van der Waals surface area (Å²) in [6.45, 7) is 0.501. The van der Waals surface area contributed by atoms with E-state index < -0.39 is 15.7 Å². The Labute approximate surface area is 151 Å². The molecule has 6 nitrogen and oxygen atoms in total. The second-order valence-corrected chi connectivity index (χ2v) is 7.83. The third kappa shape index (κ3) is 3.91. The molecule has 1 N–H and O–H groups in total. The lowest BCUT2D eigenvalue weighted by Crippen LogP contribution is -2.08. The Bertz CT molecular complexity index is 1050. The highest BCUT2D eigenvalue weighted by Gasteiger charge is 2.11. The van der Waals surface area contributed by atoms with E-state index in [0.29, 0.717) is 29.7 Å². The number of hydrogen-bond acceptors (Lipinski definition) is 6. The van der Waals surface area contributed by atoms with Crippen molar-refractivity contribution in [3.63, 3.8) is 0 Å². The molecule has 0 aliphatic heterocycles. The normalized spacial score (nSPS) is 11.5. The zero-order chi connectivity index (χ0) is 18.7. The highest BCUT2D eigenvalue weighted by Crippen LogP contribution is 2.23. The van der Waals surface area contributed by atoms with Gasteiger partial charge in [-0.15, -0.1) is 0 Å². The van der Waals surface area contributed by atoms with Gasteiger partial charge in [-0.2, -0.15) is 0 Å². The molecule has 0 aliphatic carbocycles. The predicted octanol–water partition coefficient (Wildman–Crippen LogP) is 2.84. The third-order valence-electron chi connectivity index (χ3n) is 3.96. The number of benzene rings is 2. The topological polar surface area (TPSA) is 81.2 Å². The smallest absolute Gasteiger partial charge is 0.175 e. The van der Waals surface area contributed by atoms with E-state index in [4.69, 9.17) is 4.74 Å². The minimum atomic E-state index is -3.32. The average Bonchev–Trinajstić information content (AvgIpc) is 2.61. The Morgan fingerprint density at radius 1 is 1.15 bits per heavy atom. The van der Waals surface area contributed by atoms with Crippen LogP contribution >= 0.6 is 0 Å². The molecule has 26 heavy (non-hydrogen) atoms. The Hall–Kier alpha value is -2.74. The fourth-order valence-electron chi connectivity index (χ4n) is 2.60. The van der Waals surface area contributed by atoms with Crippen LogP contribution in [0.5, 0.6) is 5.75 Å². The fraction of sp³-hybridized carbons (Fsp3) is 0.222. The molecule has 0 amide bonds. The van der Waals surface area contributed by atoms with Crippen molar-refractivity contribution in [1.29, 1.82) is 0 Å². The zero-order valence-electron chi connectivity index (χ0n) is 14.4. The Morgan fingerprint density at radius 3 is 2.65 bits per heavy atom. The first kappa shape index (κ1) is 18.1. The van der Waals surface area contributed by atoms with Gasteiger partial charge >= 0.3 is 0 Å². The molecule has 3 aromatic rings. The Kier molecular flexibility index (Phi) is 5.03. The van der Waals surface area contributed by atoms with E-state index in [0.717, 1.165) is 11.8 Å². The molecule has 0 aliphatic rings. The lowest BCUT2D eigenvalue weighted by molar-refractivity contribution is 0.386. The van der Waals surface area contributed by atoms with Crippen LogP contribution in [0.25, 0.3) is 10.9 Å². The van der Waals surface area contributed by atoms with Crippen LogP contribution in [0, 0.1) is 5.82 Å². The molecule has 8 heteroatoms. The second kappa shape index (κ2) is 7.25. The minimum Gasteiger partial charge on any atom is -0.494 e.